The van der Waals surface area contributed by atoms with Crippen molar-refractivity contribution in [2.45, 2.75) is 96.2 Å². The number of ether oxygens (including phenoxy) is 1. The smallest absolute Gasteiger partial charge is 0.305 e. The Kier molecular flexibility index (Phi) is 15.4. The molecule has 4 heteroatoms. The van der Waals surface area contributed by atoms with E-state index in [-0.39, 0.29) is 5.97 Å². The molecule has 0 amide bonds. The fraction of sp³-hybridized carbons (Fsp3) is 0.842. The lowest BCUT2D eigenvalue weighted by molar-refractivity contribution is -0.140. The van der Waals surface area contributed by atoms with Gasteiger partial charge in [0.1, 0.15) is 0 Å². The first-order chi connectivity index (χ1) is 11.1. The fourth-order valence-corrected chi connectivity index (χ4v) is 2.48. The molecule has 23 heavy (non-hydrogen) atoms. The molecule has 136 valence electrons. The average Bonchev–Trinajstić information content (AvgIpc) is 2.56. The number of hydrogen-bond acceptors (Lipinski definition) is 4. The molecule has 0 aromatic heterocycles. The molecule has 0 rings (SSSR count). The second kappa shape index (κ2) is 16.0. The topological polar surface area (TPSA) is 66.8 Å². The van der Waals surface area contributed by atoms with Crippen molar-refractivity contribution < 1.29 is 19.7 Å². The zero-order valence-corrected chi connectivity index (χ0v) is 15.0. The quantitative estimate of drug-likeness (QED) is 0.269. The minimum absolute atomic E-state index is 0.148. The zero-order valence-electron chi connectivity index (χ0n) is 15.0. The largest absolute Gasteiger partial charge is 0.469 e. The molecule has 0 bridgehead atoms. The minimum Gasteiger partial charge on any atom is -0.469 e. The standard InChI is InChI=1S/C19H36O4/c1-3-4-5-6-8-11-14-17(20)18(21)15-12-9-7-10-13-16-19(22)23-2/h11,14,17-18,20-21H,3-10,12-13,15-16H2,1-2H3/b14-11+/t17-,18+/m0/s1. The molecule has 4 nitrogen and oxygen atoms in total. The number of methoxy groups -OCH3 is 1. The first kappa shape index (κ1) is 22.1. The van der Waals surface area contributed by atoms with Crippen molar-refractivity contribution in [3.8, 4) is 0 Å². The maximum absolute atomic E-state index is 10.9. The summed E-state index contributed by atoms with van der Waals surface area (Å²) in [7, 11) is 1.41. The molecule has 0 unspecified atom stereocenters. The van der Waals surface area contributed by atoms with E-state index in [1.54, 1.807) is 6.08 Å². The van der Waals surface area contributed by atoms with E-state index in [9.17, 15) is 15.0 Å². The van der Waals surface area contributed by atoms with Crippen molar-refractivity contribution in [2.24, 2.45) is 0 Å². The molecule has 2 atom stereocenters. The van der Waals surface area contributed by atoms with Gasteiger partial charge < -0.3 is 14.9 Å². The van der Waals surface area contributed by atoms with Gasteiger partial charge in [-0.15, -0.1) is 0 Å². The van der Waals surface area contributed by atoms with Crippen molar-refractivity contribution in [1.29, 1.82) is 0 Å². The number of hydrogen-bond donors (Lipinski definition) is 2. The lowest BCUT2D eigenvalue weighted by Crippen LogP contribution is -2.23. The Bertz CT molecular complexity index is 302. The summed E-state index contributed by atoms with van der Waals surface area (Å²) in [6.45, 7) is 2.19. The van der Waals surface area contributed by atoms with Crippen LogP contribution in [0.2, 0.25) is 0 Å². The van der Waals surface area contributed by atoms with Gasteiger partial charge in [0.15, 0.2) is 0 Å². The van der Waals surface area contributed by atoms with Crippen LogP contribution in [0, 0.1) is 0 Å². The van der Waals surface area contributed by atoms with E-state index in [0.717, 1.165) is 44.9 Å². The summed E-state index contributed by atoms with van der Waals surface area (Å²) in [5, 5.41) is 19.8. The Morgan fingerprint density at radius 3 is 2.35 bits per heavy atom. The van der Waals surface area contributed by atoms with E-state index in [0.29, 0.717) is 12.8 Å². The molecule has 0 aliphatic heterocycles. The van der Waals surface area contributed by atoms with Crippen LogP contribution in [0.25, 0.3) is 0 Å². The summed E-state index contributed by atoms with van der Waals surface area (Å²) in [6, 6.07) is 0. The third-order valence-corrected chi connectivity index (χ3v) is 4.06. The zero-order chi connectivity index (χ0) is 17.3. The molecule has 0 radical (unpaired) electrons. The van der Waals surface area contributed by atoms with Gasteiger partial charge in [-0.1, -0.05) is 64.0 Å². The van der Waals surface area contributed by atoms with Gasteiger partial charge >= 0.3 is 5.97 Å². The highest BCUT2D eigenvalue weighted by Crippen LogP contribution is 2.12. The molecule has 0 aliphatic rings. The predicted octanol–water partition coefficient (Wildman–Crippen LogP) is 4.14. The molecule has 0 aromatic carbocycles. The van der Waals surface area contributed by atoms with Gasteiger partial charge in [-0.05, 0) is 25.7 Å². The molecule has 0 aromatic rings. The molecule has 0 saturated carbocycles. The van der Waals surface area contributed by atoms with Crippen LogP contribution < -0.4 is 0 Å². The molecule has 0 heterocycles. The Balaban J connectivity index is 3.51. The second-order valence-corrected chi connectivity index (χ2v) is 6.22. The lowest BCUT2D eigenvalue weighted by Gasteiger charge is -2.14. The predicted molar refractivity (Wildman–Crippen MR) is 94.2 cm³/mol. The van der Waals surface area contributed by atoms with Crippen LogP contribution in [-0.4, -0.2) is 35.5 Å². The van der Waals surface area contributed by atoms with Crippen LogP contribution in [0.1, 0.15) is 84.0 Å². The number of aliphatic hydroxyl groups excluding tert-OH is 2. The number of allylic oxidation sites excluding steroid dienone is 1. The number of esters is 1. The summed E-state index contributed by atoms with van der Waals surface area (Å²) in [6.07, 6.45) is 14.1. The number of unbranched alkanes of at least 4 members (excludes halogenated alkanes) is 8. The van der Waals surface area contributed by atoms with Gasteiger partial charge in [-0.25, -0.2) is 0 Å². The number of rotatable bonds is 15. The van der Waals surface area contributed by atoms with Crippen LogP contribution in [0.5, 0.6) is 0 Å². The molecular formula is C19H36O4. The van der Waals surface area contributed by atoms with E-state index >= 15 is 0 Å². The highest BCUT2D eigenvalue weighted by atomic mass is 16.5. The average molecular weight is 328 g/mol. The van der Waals surface area contributed by atoms with Crippen LogP contribution in [0.15, 0.2) is 12.2 Å². The molecule has 0 aliphatic carbocycles. The summed E-state index contributed by atoms with van der Waals surface area (Å²) < 4.78 is 4.59. The van der Waals surface area contributed by atoms with Crippen LogP contribution in [0.4, 0.5) is 0 Å². The van der Waals surface area contributed by atoms with Crippen LogP contribution in [0.3, 0.4) is 0 Å². The Morgan fingerprint density at radius 1 is 1.00 bits per heavy atom. The van der Waals surface area contributed by atoms with Crippen LogP contribution in [-0.2, 0) is 9.53 Å². The summed E-state index contributed by atoms with van der Waals surface area (Å²) >= 11 is 0. The molecule has 0 spiro atoms. The third kappa shape index (κ3) is 14.5. The summed E-state index contributed by atoms with van der Waals surface area (Å²) in [5.74, 6) is -0.148. The Morgan fingerprint density at radius 2 is 1.65 bits per heavy atom. The highest BCUT2D eigenvalue weighted by Gasteiger charge is 2.12. The maximum Gasteiger partial charge on any atom is 0.305 e. The van der Waals surface area contributed by atoms with Gasteiger partial charge in [-0.2, -0.15) is 0 Å². The minimum atomic E-state index is -0.750. The van der Waals surface area contributed by atoms with Crippen molar-refractivity contribution in [1.82, 2.24) is 0 Å². The third-order valence-electron chi connectivity index (χ3n) is 4.06. The Hall–Kier alpha value is -0.870. The Labute approximate surface area is 141 Å². The first-order valence-corrected chi connectivity index (χ1v) is 9.21. The summed E-state index contributed by atoms with van der Waals surface area (Å²) in [5.41, 5.74) is 0. The molecular weight excluding hydrogens is 292 g/mol. The second-order valence-electron chi connectivity index (χ2n) is 6.22. The van der Waals surface area contributed by atoms with Gasteiger partial charge in [0, 0.05) is 6.42 Å². The van der Waals surface area contributed by atoms with Crippen molar-refractivity contribution in [3.63, 3.8) is 0 Å². The van der Waals surface area contributed by atoms with E-state index in [2.05, 4.69) is 11.7 Å². The highest BCUT2D eigenvalue weighted by molar-refractivity contribution is 5.68. The monoisotopic (exact) mass is 328 g/mol. The van der Waals surface area contributed by atoms with Gasteiger partial charge in [-0.3, -0.25) is 4.79 Å². The van der Waals surface area contributed by atoms with Crippen molar-refractivity contribution in [3.05, 3.63) is 12.2 Å². The fourth-order valence-electron chi connectivity index (χ4n) is 2.48. The molecule has 0 fully saturated rings. The van der Waals surface area contributed by atoms with Crippen molar-refractivity contribution in [2.75, 3.05) is 7.11 Å². The number of aliphatic hydroxyl groups is 2. The van der Waals surface area contributed by atoms with Crippen LogP contribution >= 0.6 is 0 Å². The van der Waals surface area contributed by atoms with Gasteiger partial charge in [0.25, 0.3) is 0 Å². The first-order valence-electron chi connectivity index (χ1n) is 9.21. The summed E-state index contributed by atoms with van der Waals surface area (Å²) in [4.78, 5) is 10.9. The van der Waals surface area contributed by atoms with E-state index in [1.807, 2.05) is 6.08 Å². The SMILES string of the molecule is CCCCCC/C=C/[C@H](O)[C@H](O)CCCCCCCC(=O)OC. The van der Waals surface area contributed by atoms with Gasteiger partial charge in [0.05, 0.1) is 19.3 Å². The van der Waals surface area contributed by atoms with E-state index in [1.165, 1.54) is 26.4 Å². The normalized spacial score (nSPS) is 14.1. The number of carbonyl (C=O) groups excluding carboxylic acids is 1. The maximum atomic E-state index is 10.9. The van der Waals surface area contributed by atoms with E-state index in [4.69, 9.17) is 0 Å². The lowest BCUT2D eigenvalue weighted by atomic mass is 10.0. The molecule has 0 saturated heterocycles. The van der Waals surface area contributed by atoms with Crippen molar-refractivity contribution >= 4 is 5.97 Å². The molecule has 2 N–H and O–H groups in total. The van der Waals surface area contributed by atoms with E-state index < -0.39 is 12.2 Å². The number of carbonyl (C=O) groups is 1. The van der Waals surface area contributed by atoms with Gasteiger partial charge in [0.2, 0.25) is 0 Å².